The number of nitrogens with zero attached hydrogens (tertiary/aromatic N) is 1. The van der Waals surface area contributed by atoms with Gasteiger partial charge >= 0.3 is 6.09 Å². The fraction of sp³-hybridized carbons (Fsp3) is 0.900. The minimum Gasteiger partial charge on any atom is -0.465 e. The van der Waals surface area contributed by atoms with Crippen molar-refractivity contribution in [2.75, 3.05) is 13.1 Å². The molecule has 1 aliphatic heterocycles. The Labute approximate surface area is 85.3 Å². The molecule has 14 heavy (non-hydrogen) atoms. The highest BCUT2D eigenvalue weighted by atomic mass is 16.4. The Kier molecular flexibility index (Phi) is 3.37. The van der Waals surface area contributed by atoms with E-state index >= 15 is 0 Å². The van der Waals surface area contributed by atoms with Gasteiger partial charge in [0.05, 0.1) is 0 Å². The molecule has 0 bridgehead atoms. The molecule has 0 aliphatic carbocycles. The fourth-order valence-electron chi connectivity index (χ4n) is 2.28. The third-order valence-electron chi connectivity index (χ3n) is 2.98. The average molecular weight is 200 g/mol. The van der Waals surface area contributed by atoms with E-state index in [1.807, 2.05) is 20.8 Å². The van der Waals surface area contributed by atoms with E-state index in [2.05, 4.69) is 5.32 Å². The van der Waals surface area contributed by atoms with E-state index in [1.165, 1.54) is 0 Å². The Morgan fingerprint density at radius 1 is 1.43 bits per heavy atom. The lowest BCUT2D eigenvalue weighted by Gasteiger charge is -2.44. The van der Waals surface area contributed by atoms with E-state index < -0.39 is 6.09 Å². The molecule has 2 N–H and O–H groups in total. The number of hydrogen-bond donors (Lipinski definition) is 2. The standard InChI is InChI=1S/C10H20N2O2/c1-8(2)12(9(13)14)10(3)4-6-11-7-5-10/h8,11H,4-7H2,1-3H3,(H,13,14). The quantitative estimate of drug-likeness (QED) is 0.710. The number of amides is 1. The van der Waals surface area contributed by atoms with Crippen molar-refractivity contribution < 1.29 is 9.90 Å². The Morgan fingerprint density at radius 2 is 1.93 bits per heavy atom. The molecule has 0 spiro atoms. The first-order valence-corrected chi connectivity index (χ1v) is 5.20. The van der Waals surface area contributed by atoms with Crippen molar-refractivity contribution in [1.82, 2.24) is 10.2 Å². The van der Waals surface area contributed by atoms with E-state index in [1.54, 1.807) is 4.90 Å². The molecular formula is C10H20N2O2. The minimum absolute atomic E-state index is 0.0515. The van der Waals surface area contributed by atoms with Gasteiger partial charge in [0.1, 0.15) is 0 Å². The van der Waals surface area contributed by atoms with Crippen LogP contribution in [0.3, 0.4) is 0 Å². The van der Waals surface area contributed by atoms with Crippen LogP contribution in [0.2, 0.25) is 0 Å². The Hall–Kier alpha value is -0.770. The summed E-state index contributed by atoms with van der Waals surface area (Å²) in [6.07, 6.45) is 0.999. The monoisotopic (exact) mass is 200 g/mol. The highest BCUT2D eigenvalue weighted by Gasteiger charge is 2.37. The van der Waals surface area contributed by atoms with Crippen molar-refractivity contribution in [2.45, 2.75) is 45.2 Å². The fourth-order valence-corrected chi connectivity index (χ4v) is 2.28. The SMILES string of the molecule is CC(C)N(C(=O)O)C1(C)CCNCC1. The molecule has 0 unspecified atom stereocenters. The number of carboxylic acid groups (broad SMARTS) is 1. The molecule has 1 amide bonds. The van der Waals surface area contributed by atoms with Crippen molar-refractivity contribution in [2.24, 2.45) is 0 Å². The van der Waals surface area contributed by atoms with Crippen LogP contribution in [0.25, 0.3) is 0 Å². The van der Waals surface area contributed by atoms with E-state index in [9.17, 15) is 4.79 Å². The summed E-state index contributed by atoms with van der Waals surface area (Å²) < 4.78 is 0. The molecule has 0 aromatic heterocycles. The van der Waals surface area contributed by atoms with Crippen molar-refractivity contribution in [1.29, 1.82) is 0 Å². The van der Waals surface area contributed by atoms with Gasteiger partial charge in [0, 0.05) is 11.6 Å². The summed E-state index contributed by atoms with van der Waals surface area (Å²) in [5.74, 6) is 0. The molecule has 4 heteroatoms. The summed E-state index contributed by atoms with van der Waals surface area (Å²) in [5.41, 5.74) is -0.189. The minimum atomic E-state index is -0.801. The van der Waals surface area contributed by atoms with Crippen LogP contribution in [-0.4, -0.2) is 40.8 Å². The van der Waals surface area contributed by atoms with Crippen molar-refractivity contribution in [3.8, 4) is 0 Å². The van der Waals surface area contributed by atoms with Crippen molar-refractivity contribution >= 4 is 6.09 Å². The summed E-state index contributed by atoms with van der Waals surface area (Å²) in [6, 6.07) is 0.0515. The maximum atomic E-state index is 11.2. The number of hydrogen-bond acceptors (Lipinski definition) is 2. The first-order chi connectivity index (χ1) is 6.47. The molecule has 0 aromatic rings. The summed E-state index contributed by atoms with van der Waals surface area (Å²) in [4.78, 5) is 12.7. The maximum Gasteiger partial charge on any atom is 0.407 e. The lowest BCUT2D eigenvalue weighted by Crippen LogP contribution is -2.57. The van der Waals surface area contributed by atoms with Gasteiger partial charge in [-0.05, 0) is 46.7 Å². The zero-order chi connectivity index (χ0) is 10.8. The van der Waals surface area contributed by atoms with Gasteiger partial charge in [0.2, 0.25) is 0 Å². The van der Waals surface area contributed by atoms with Gasteiger partial charge in [-0.1, -0.05) is 0 Å². The summed E-state index contributed by atoms with van der Waals surface area (Å²) in [6.45, 7) is 7.73. The van der Waals surface area contributed by atoms with Gasteiger partial charge < -0.3 is 15.3 Å². The van der Waals surface area contributed by atoms with Crippen LogP contribution in [-0.2, 0) is 0 Å². The van der Waals surface area contributed by atoms with Crippen LogP contribution in [0.4, 0.5) is 4.79 Å². The van der Waals surface area contributed by atoms with Gasteiger partial charge in [0.15, 0.2) is 0 Å². The third-order valence-corrected chi connectivity index (χ3v) is 2.98. The molecule has 1 rings (SSSR count). The van der Waals surface area contributed by atoms with Crippen LogP contribution in [0.1, 0.15) is 33.6 Å². The highest BCUT2D eigenvalue weighted by molar-refractivity contribution is 5.66. The zero-order valence-electron chi connectivity index (χ0n) is 9.21. The molecule has 0 radical (unpaired) electrons. The highest BCUT2D eigenvalue weighted by Crippen LogP contribution is 2.27. The second-order valence-corrected chi connectivity index (χ2v) is 4.49. The van der Waals surface area contributed by atoms with Gasteiger partial charge in [-0.2, -0.15) is 0 Å². The number of rotatable bonds is 2. The first-order valence-electron chi connectivity index (χ1n) is 5.20. The first kappa shape index (κ1) is 11.3. The van der Waals surface area contributed by atoms with E-state index in [-0.39, 0.29) is 11.6 Å². The average Bonchev–Trinajstić information content (AvgIpc) is 2.02. The molecule has 82 valence electrons. The number of nitrogens with one attached hydrogen (secondary N) is 1. The number of piperidine rings is 1. The lowest BCUT2D eigenvalue weighted by atomic mass is 9.88. The molecule has 0 saturated carbocycles. The van der Waals surface area contributed by atoms with E-state index in [0.29, 0.717) is 0 Å². The number of carbonyl (C=O) groups is 1. The van der Waals surface area contributed by atoms with E-state index in [0.717, 1.165) is 25.9 Å². The Morgan fingerprint density at radius 3 is 2.29 bits per heavy atom. The smallest absolute Gasteiger partial charge is 0.407 e. The van der Waals surface area contributed by atoms with Gasteiger partial charge in [-0.3, -0.25) is 0 Å². The van der Waals surface area contributed by atoms with Gasteiger partial charge in [-0.25, -0.2) is 4.79 Å². The zero-order valence-corrected chi connectivity index (χ0v) is 9.21. The Balaban J connectivity index is 2.79. The van der Waals surface area contributed by atoms with Crippen LogP contribution >= 0.6 is 0 Å². The Bertz CT molecular complexity index is 210. The van der Waals surface area contributed by atoms with Crippen LogP contribution in [0.5, 0.6) is 0 Å². The molecule has 4 nitrogen and oxygen atoms in total. The molecule has 1 fully saturated rings. The normalized spacial score (nSPS) is 20.9. The molecule has 1 saturated heterocycles. The third kappa shape index (κ3) is 2.18. The summed E-state index contributed by atoms with van der Waals surface area (Å²) in [7, 11) is 0. The van der Waals surface area contributed by atoms with Gasteiger partial charge in [0.25, 0.3) is 0 Å². The molecule has 0 atom stereocenters. The topological polar surface area (TPSA) is 52.6 Å². The van der Waals surface area contributed by atoms with Crippen LogP contribution in [0, 0.1) is 0 Å². The lowest BCUT2D eigenvalue weighted by molar-refractivity contribution is 0.0451. The second-order valence-electron chi connectivity index (χ2n) is 4.49. The predicted octanol–water partition coefficient (Wildman–Crippen LogP) is 1.52. The molecule has 0 aromatic carbocycles. The maximum absolute atomic E-state index is 11.2. The molecular weight excluding hydrogens is 180 g/mol. The van der Waals surface area contributed by atoms with E-state index in [4.69, 9.17) is 5.11 Å². The predicted molar refractivity (Wildman–Crippen MR) is 55.5 cm³/mol. The van der Waals surface area contributed by atoms with Crippen molar-refractivity contribution in [3.63, 3.8) is 0 Å². The van der Waals surface area contributed by atoms with Crippen LogP contribution < -0.4 is 5.32 Å². The van der Waals surface area contributed by atoms with Crippen molar-refractivity contribution in [3.05, 3.63) is 0 Å². The summed E-state index contributed by atoms with van der Waals surface area (Å²) in [5, 5.41) is 12.4. The summed E-state index contributed by atoms with van der Waals surface area (Å²) >= 11 is 0. The van der Waals surface area contributed by atoms with Gasteiger partial charge in [-0.15, -0.1) is 0 Å². The van der Waals surface area contributed by atoms with Crippen LogP contribution in [0.15, 0.2) is 0 Å². The largest absolute Gasteiger partial charge is 0.465 e. The molecule has 1 heterocycles. The second kappa shape index (κ2) is 4.17. The molecule has 1 aliphatic rings.